The maximum Gasteiger partial charge on any atom is 0.234 e. The standard InChI is InChI=1S/C8H16N2O3/c1-6(7(9)11)10-4-8(12)2-3-13-5-8/h6,10,12H,2-5H2,1H3,(H2,9,11). The Labute approximate surface area is 77.2 Å². The Bertz CT molecular complexity index is 190. The fourth-order valence-electron chi connectivity index (χ4n) is 1.18. The van der Waals surface area contributed by atoms with E-state index in [0.29, 0.717) is 26.2 Å². The zero-order valence-electron chi connectivity index (χ0n) is 7.75. The van der Waals surface area contributed by atoms with E-state index >= 15 is 0 Å². The summed E-state index contributed by atoms with van der Waals surface area (Å²) in [6, 6.07) is -0.412. The molecule has 2 atom stereocenters. The molecule has 0 aromatic carbocycles. The average Bonchev–Trinajstić information content (AvgIpc) is 2.48. The van der Waals surface area contributed by atoms with Gasteiger partial charge in [0.05, 0.1) is 12.6 Å². The number of hydrogen-bond acceptors (Lipinski definition) is 4. The molecule has 0 aliphatic carbocycles. The highest BCUT2D eigenvalue weighted by atomic mass is 16.5. The van der Waals surface area contributed by atoms with Gasteiger partial charge < -0.3 is 20.9 Å². The predicted molar refractivity (Wildman–Crippen MR) is 47.0 cm³/mol. The minimum absolute atomic E-state index is 0.325. The summed E-state index contributed by atoms with van der Waals surface area (Å²) in [5, 5.41) is 12.6. The molecule has 0 bridgehead atoms. The van der Waals surface area contributed by atoms with Crippen LogP contribution in [0, 0.1) is 0 Å². The first-order valence-electron chi connectivity index (χ1n) is 4.36. The molecule has 5 heteroatoms. The first-order chi connectivity index (χ1) is 6.03. The minimum Gasteiger partial charge on any atom is -0.386 e. The van der Waals surface area contributed by atoms with Crippen LogP contribution in [0.2, 0.25) is 0 Å². The topological polar surface area (TPSA) is 84.6 Å². The van der Waals surface area contributed by atoms with Gasteiger partial charge in [0, 0.05) is 19.6 Å². The highest BCUT2D eigenvalue weighted by Crippen LogP contribution is 2.16. The van der Waals surface area contributed by atoms with Crippen molar-refractivity contribution in [2.45, 2.75) is 25.0 Å². The number of rotatable bonds is 4. The second-order valence-corrected chi connectivity index (χ2v) is 3.53. The minimum atomic E-state index is -0.830. The third kappa shape index (κ3) is 2.95. The van der Waals surface area contributed by atoms with Crippen LogP contribution in [0.15, 0.2) is 0 Å². The van der Waals surface area contributed by atoms with Gasteiger partial charge >= 0.3 is 0 Å². The van der Waals surface area contributed by atoms with E-state index in [0.717, 1.165) is 0 Å². The number of nitrogens with one attached hydrogen (secondary N) is 1. The van der Waals surface area contributed by atoms with E-state index in [1.54, 1.807) is 6.92 Å². The maximum atomic E-state index is 10.7. The molecule has 1 heterocycles. The summed E-state index contributed by atoms with van der Waals surface area (Å²) < 4.78 is 5.05. The van der Waals surface area contributed by atoms with Gasteiger partial charge in [0.1, 0.15) is 5.60 Å². The lowest BCUT2D eigenvalue weighted by Gasteiger charge is -2.22. The lowest BCUT2D eigenvalue weighted by molar-refractivity contribution is -0.119. The second kappa shape index (κ2) is 4.04. The molecule has 4 N–H and O–H groups in total. The monoisotopic (exact) mass is 188 g/mol. The molecule has 0 saturated carbocycles. The lowest BCUT2D eigenvalue weighted by atomic mass is 10.0. The second-order valence-electron chi connectivity index (χ2n) is 3.53. The Morgan fingerprint density at radius 2 is 2.54 bits per heavy atom. The van der Waals surface area contributed by atoms with Crippen molar-refractivity contribution in [2.24, 2.45) is 5.73 Å². The van der Waals surface area contributed by atoms with Gasteiger partial charge in [-0.3, -0.25) is 4.79 Å². The normalized spacial score (nSPS) is 30.3. The van der Waals surface area contributed by atoms with E-state index < -0.39 is 17.6 Å². The fourth-order valence-corrected chi connectivity index (χ4v) is 1.18. The van der Waals surface area contributed by atoms with Crippen LogP contribution in [-0.4, -0.2) is 42.4 Å². The number of ether oxygens (including phenoxy) is 1. The van der Waals surface area contributed by atoms with Crippen molar-refractivity contribution in [1.82, 2.24) is 5.32 Å². The third-order valence-corrected chi connectivity index (χ3v) is 2.25. The number of amides is 1. The van der Waals surface area contributed by atoms with Crippen molar-refractivity contribution in [3.63, 3.8) is 0 Å². The molecule has 1 fully saturated rings. The van der Waals surface area contributed by atoms with Gasteiger partial charge in [0.25, 0.3) is 0 Å². The molecule has 0 radical (unpaired) electrons. The van der Waals surface area contributed by atoms with E-state index in [4.69, 9.17) is 10.5 Å². The summed E-state index contributed by atoms with van der Waals surface area (Å²) in [5.41, 5.74) is 4.22. The fraction of sp³-hybridized carbons (Fsp3) is 0.875. The van der Waals surface area contributed by atoms with Crippen molar-refractivity contribution < 1.29 is 14.6 Å². The quantitative estimate of drug-likeness (QED) is 0.506. The molecule has 13 heavy (non-hydrogen) atoms. The SMILES string of the molecule is CC(NCC1(O)CCOC1)C(N)=O. The van der Waals surface area contributed by atoms with Crippen LogP contribution in [0.1, 0.15) is 13.3 Å². The Morgan fingerprint density at radius 3 is 3.00 bits per heavy atom. The van der Waals surface area contributed by atoms with E-state index in [1.165, 1.54) is 0 Å². The summed E-state index contributed by atoms with van der Waals surface area (Å²) >= 11 is 0. The number of aliphatic hydroxyl groups is 1. The number of nitrogens with two attached hydrogens (primary N) is 1. The molecule has 1 saturated heterocycles. The summed E-state index contributed by atoms with van der Waals surface area (Å²) in [4.78, 5) is 10.7. The van der Waals surface area contributed by atoms with Crippen LogP contribution in [0.4, 0.5) is 0 Å². The van der Waals surface area contributed by atoms with Crippen LogP contribution in [0.3, 0.4) is 0 Å². The number of primary amides is 1. The molecule has 0 aromatic heterocycles. The zero-order chi connectivity index (χ0) is 9.90. The maximum absolute atomic E-state index is 10.7. The molecule has 0 spiro atoms. The van der Waals surface area contributed by atoms with Gasteiger partial charge in [-0.05, 0) is 6.92 Å². The number of hydrogen-bond donors (Lipinski definition) is 3. The molecule has 76 valence electrons. The van der Waals surface area contributed by atoms with E-state index in [9.17, 15) is 9.90 Å². The van der Waals surface area contributed by atoms with Crippen LogP contribution in [-0.2, 0) is 9.53 Å². The van der Waals surface area contributed by atoms with Gasteiger partial charge in [-0.1, -0.05) is 0 Å². The Hall–Kier alpha value is -0.650. The van der Waals surface area contributed by atoms with Gasteiger partial charge in [0.2, 0.25) is 5.91 Å². The smallest absolute Gasteiger partial charge is 0.234 e. The van der Waals surface area contributed by atoms with Crippen LogP contribution in [0.5, 0.6) is 0 Å². The Kier molecular flexibility index (Phi) is 3.24. The average molecular weight is 188 g/mol. The van der Waals surface area contributed by atoms with Crippen molar-refractivity contribution in [3.8, 4) is 0 Å². The van der Waals surface area contributed by atoms with Gasteiger partial charge in [-0.2, -0.15) is 0 Å². The van der Waals surface area contributed by atoms with Gasteiger partial charge in [-0.25, -0.2) is 0 Å². The van der Waals surface area contributed by atoms with Crippen molar-refractivity contribution in [3.05, 3.63) is 0 Å². The highest BCUT2D eigenvalue weighted by molar-refractivity contribution is 5.79. The molecular formula is C8H16N2O3. The molecule has 1 aliphatic rings. The summed E-state index contributed by atoms with van der Waals surface area (Å²) in [5.74, 6) is -0.414. The molecule has 1 rings (SSSR count). The van der Waals surface area contributed by atoms with Crippen molar-refractivity contribution >= 4 is 5.91 Å². The zero-order valence-corrected chi connectivity index (χ0v) is 7.75. The Morgan fingerprint density at radius 1 is 1.85 bits per heavy atom. The summed E-state index contributed by atoms with van der Waals surface area (Å²) in [7, 11) is 0. The summed E-state index contributed by atoms with van der Waals surface area (Å²) in [6.45, 7) is 2.91. The van der Waals surface area contributed by atoms with E-state index in [1.807, 2.05) is 0 Å². The molecule has 0 aromatic rings. The lowest BCUT2D eigenvalue weighted by Crippen LogP contribution is -2.48. The van der Waals surface area contributed by atoms with Crippen LogP contribution >= 0.6 is 0 Å². The van der Waals surface area contributed by atoms with E-state index in [-0.39, 0.29) is 0 Å². The molecule has 5 nitrogen and oxygen atoms in total. The first-order valence-corrected chi connectivity index (χ1v) is 4.36. The predicted octanol–water partition coefficient (Wildman–Crippen LogP) is -1.40. The van der Waals surface area contributed by atoms with Crippen LogP contribution < -0.4 is 11.1 Å². The highest BCUT2D eigenvalue weighted by Gasteiger charge is 2.32. The van der Waals surface area contributed by atoms with Gasteiger partial charge in [0.15, 0.2) is 0 Å². The van der Waals surface area contributed by atoms with Crippen molar-refractivity contribution in [1.29, 1.82) is 0 Å². The molecule has 2 unspecified atom stereocenters. The number of carbonyl (C=O) groups excluding carboxylic acids is 1. The Balaban J connectivity index is 2.28. The molecular weight excluding hydrogens is 172 g/mol. The van der Waals surface area contributed by atoms with Gasteiger partial charge in [-0.15, -0.1) is 0 Å². The first kappa shape index (κ1) is 10.4. The van der Waals surface area contributed by atoms with Crippen molar-refractivity contribution in [2.75, 3.05) is 19.8 Å². The molecule has 1 amide bonds. The summed E-state index contributed by atoms with van der Waals surface area (Å²) in [6.07, 6.45) is 0.603. The van der Waals surface area contributed by atoms with Crippen LogP contribution in [0.25, 0.3) is 0 Å². The third-order valence-electron chi connectivity index (χ3n) is 2.25. The molecule has 1 aliphatic heterocycles. The largest absolute Gasteiger partial charge is 0.386 e. The number of carbonyl (C=O) groups is 1. The van der Waals surface area contributed by atoms with E-state index in [2.05, 4.69) is 5.32 Å².